The summed E-state index contributed by atoms with van der Waals surface area (Å²) in [4.78, 5) is 12.3. The highest BCUT2D eigenvalue weighted by molar-refractivity contribution is 9.10. The van der Waals surface area contributed by atoms with Gasteiger partial charge in [-0.05, 0) is 11.6 Å². The second kappa shape index (κ2) is 9.49. The quantitative estimate of drug-likeness (QED) is 0.348. The summed E-state index contributed by atoms with van der Waals surface area (Å²) in [5.41, 5.74) is 2.56. The molecule has 2 atom stereocenters. The zero-order valence-electron chi connectivity index (χ0n) is 15.0. The van der Waals surface area contributed by atoms with Crippen LogP contribution >= 0.6 is 15.9 Å². The van der Waals surface area contributed by atoms with Crippen LogP contribution in [0.25, 0.3) is 0 Å². The van der Waals surface area contributed by atoms with E-state index in [-0.39, 0.29) is 5.78 Å². The lowest BCUT2D eigenvalue weighted by atomic mass is 9.99. The average molecular weight is 425 g/mol. The van der Waals surface area contributed by atoms with Gasteiger partial charge in [0.25, 0.3) is 0 Å². The minimum absolute atomic E-state index is 0.0275. The van der Waals surface area contributed by atoms with Crippen molar-refractivity contribution in [2.75, 3.05) is 7.11 Å². The van der Waals surface area contributed by atoms with Gasteiger partial charge in [-0.2, -0.15) is 0 Å². The van der Waals surface area contributed by atoms with Gasteiger partial charge < -0.3 is 9.47 Å². The fourth-order valence-corrected chi connectivity index (χ4v) is 3.65. The molecule has 0 N–H and O–H groups in total. The van der Waals surface area contributed by atoms with Gasteiger partial charge in [-0.3, -0.25) is 4.79 Å². The van der Waals surface area contributed by atoms with Crippen molar-refractivity contribution >= 4 is 21.7 Å². The monoisotopic (exact) mass is 424 g/mol. The van der Waals surface area contributed by atoms with Crippen LogP contribution in [0.15, 0.2) is 84.9 Å². The summed E-state index contributed by atoms with van der Waals surface area (Å²) in [6.07, 6.45) is -0.468. The summed E-state index contributed by atoms with van der Waals surface area (Å²) in [6.45, 7) is 0.452. The lowest BCUT2D eigenvalue weighted by Crippen LogP contribution is -2.24. The van der Waals surface area contributed by atoms with Gasteiger partial charge in [0.1, 0.15) is 23.3 Å². The van der Waals surface area contributed by atoms with E-state index >= 15 is 0 Å². The lowest BCUT2D eigenvalue weighted by molar-refractivity contribution is 0.0757. The maximum Gasteiger partial charge on any atom is 0.179 e. The molecule has 0 amide bonds. The number of carbonyl (C=O) groups is 1. The number of rotatable bonds is 8. The Morgan fingerprint density at radius 1 is 0.889 bits per heavy atom. The summed E-state index contributed by atoms with van der Waals surface area (Å²) in [6, 6.07) is 26.8. The van der Waals surface area contributed by atoms with Crippen molar-refractivity contribution in [2.24, 2.45) is 0 Å². The van der Waals surface area contributed by atoms with Gasteiger partial charge in [0.2, 0.25) is 0 Å². The Labute approximate surface area is 168 Å². The van der Waals surface area contributed by atoms with Crippen LogP contribution < -0.4 is 4.74 Å². The molecule has 0 aromatic heterocycles. The number of hydrogen-bond donors (Lipinski definition) is 0. The molecule has 0 aliphatic rings. The Balaban J connectivity index is 1.81. The molecule has 0 fully saturated rings. The van der Waals surface area contributed by atoms with E-state index in [1.807, 2.05) is 72.8 Å². The molecule has 3 aromatic carbocycles. The predicted octanol–water partition coefficient (Wildman–Crippen LogP) is 5.60. The second-order valence-corrected chi connectivity index (χ2v) is 7.09. The SMILES string of the molecule is CO[C@H](c1ccccc1OCc1ccccc1)[C@@H](Br)C(=O)c1ccccc1. The summed E-state index contributed by atoms with van der Waals surface area (Å²) in [5.74, 6) is 0.679. The third-order valence-electron chi connectivity index (χ3n) is 4.29. The van der Waals surface area contributed by atoms with E-state index in [0.29, 0.717) is 17.9 Å². The molecular weight excluding hydrogens is 404 g/mol. The Bertz CT molecular complexity index is 865. The maximum atomic E-state index is 12.8. The van der Waals surface area contributed by atoms with E-state index in [0.717, 1.165) is 11.1 Å². The molecule has 0 aliphatic carbocycles. The minimum atomic E-state index is -0.522. The van der Waals surface area contributed by atoms with Crippen LogP contribution in [-0.4, -0.2) is 17.7 Å². The molecular formula is C23H21BrO3. The molecule has 0 radical (unpaired) electrons. The normalized spacial score (nSPS) is 13.0. The fraction of sp³-hybridized carbons (Fsp3) is 0.174. The Morgan fingerprint density at radius 3 is 2.15 bits per heavy atom. The summed E-state index contributed by atoms with van der Waals surface area (Å²) in [7, 11) is 1.60. The number of ketones is 1. The van der Waals surface area contributed by atoms with Crippen molar-refractivity contribution in [2.45, 2.75) is 17.5 Å². The molecule has 4 heteroatoms. The van der Waals surface area contributed by atoms with Crippen LogP contribution in [0, 0.1) is 0 Å². The highest BCUT2D eigenvalue weighted by Gasteiger charge is 2.30. The second-order valence-electron chi connectivity index (χ2n) is 6.10. The van der Waals surface area contributed by atoms with E-state index in [2.05, 4.69) is 15.9 Å². The predicted molar refractivity (Wildman–Crippen MR) is 110 cm³/mol. The van der Waals surface area contributed by atoms with Crippen molar-refractivity contribution < 1.29 is 14.3 Å². The molecule has 3 nitrogen and oxygen atoms in total. The Morgan fingerprint density at radius 2 is 1.48 bits per heavy atom. The number of ether oxygens (including phenoxy) is 2. The van der Waals surface area contributed by atoms with Crippen molar-refractivity contribution in [3.63, 3.8) is 0 Å². The van der Waals surface area contributed by atoms with Crippen LogP contribution in [0.1, 0.15) is 27.6 Å². The van der Waals surface area contributed by atoms with Gasteiger partial charge in [-0.25, -0.2) is 0 Å². The third-order valence-corrected chi connectivity index (χ3v) is 5.19. The number of para-hydroxylation sites is 1. The largest absolute Gasteiger partial charge is 0.489 e. The van der Waals surface area contributed by atoms with E-state index in [9.17, 15) is 4.79 Å². The molecule has 3 rings (SSSR count). The topological polar surface area (TPSA) is 35.5 Å². The van der Waals surface area contributed by atoms with Gasteiger partial charge >= 0.3 is 0 Å². The minimum Gasteiger partial charge on any atom is -0.489 e. The Kier molecular flexibility index (Phi) is 6.80. The average Bonchev–Trinajstić information content (AvgIpc) is 2.74. The van der Waals surface area contributed by atoms with Crippen molar-refractivity contribution in [3.8, 4) is 5.75 Å². The van der Waals surface area contributed by atoms with Gasteiger partial charge in [0, 0.05) is 18.2 Å². The van der Waals surface area contributed by atoms with Crippen LogP contribution in [0.2, 0.25) is 0 Å². The van der Waals surface area contributed by atoms with Crippen molar-refractivity contribution in [1.82, 2.24) is 0 Å². The first-order valence-electron chi connectivity index (χ1n) is 8.72. The van der Waals surface area contributed by atoms with E-state index < -0.39 is 10.9 Å². The number of hydrogen-bond acceptors (Lipinski definition) is 3. The Hall–Kier alpha value is -2.43. The number of alkyl halides is 1. The first-order chi connectivity index (χ1) is 13.2. The third kappa shape index (κ3) is 4.85. The fourth-order valence-electron chi connectivity index (χ4n) is 2.89. The first-order valence-corrected chi connectivity index (χ1v) is 9.64. The molecule has 138 valence electrons. The number of carbonyl (C=O) groups excluding carboxylic acids is 1. The zero-order valence-corrected chi connectivity index (χ0v) is 16.6. The number of benzene rings is 3. The van der Waals surface area contributed by atoms with E-state index in [1.54, 1.807) is 19.2 Å². The summed E-state index contributed by atoms with van der Waals surface area (Å²) < 4.78 is 11.7. The van der Waals surface area contributed by atoms with Crippen LogP contribution in [0.5, 0.6) is 5.75 Å². The van der Waals surface area contributed by atoms with Gasteiger partial charge in [-0.1, -0.05) is 94.8 Å². The highest BCUT2D eigenvalue weighted by Crippen LogP contribution is 2.34. The summed E-state index contributed by atoms with van der Waals surface area (Å²) >= 11 is 3.54. The number of methoxy groups -OCH3 is 1. The van der Waals surface area contributed by atoms with E-state index in [1.165, 1.54) is 0 Å². The summed E-state index contributed by atoms with van der Waals surface area (Å²) in [5, 5.41) is 0. The lowest BCUT2D eigenvalue weighted by Gasteiger charge is -2.23. The molecule has 0 spiro atoms. The molecule has 3 aromatic rings. The first kappa shape index (κ1) is 19.3. The zero-order chi connectivity index (χ0) is 19.1. The van der Waals surface area contributed by atoms with Crippen LogP contribution in [0.3, 0.4) is 0 Å². The smallest absolute Gasteiger partial charge is 0.179 e. The maximum absolute atomic E-state index is 12.8. The molecule has 0 aliphatic heterocycles. The molecule has 0 heterocycles. The number of halogens is 1. The highest BCUT2D eigenvalue weighted by atomic mass is 79.9. The molecule has 0 saturated heterocycles. The van der Waals surface area contributed by atoms with Crippen molar-refractivity contribution in [3.05, 3.63) is 102 Å². The van der Waals surface area contributed by atoms with Crippen molar-refractivity contribution in [1.29, 1.82) is 0 Å². The molecule has 0 bridgehead atoms. The number of Topliss-reactive ketones (excluding diaryl/α,β-unsaturated/α-hetero) is 1. The standard InChI is InChI=1S/C23H21BrO3/c1-26-23(21(24)22(25)18-12-6-3-7-13-18)19-14-8-9-15-20(19)27-16-17-10-4-2-5-11-17/h2-15,21,23H,16H2,1H3/t21-,23+/m0/s1. The van der Waals surface area contributed by atoms with Gasteiger partial charge in [0.15, 0.2) is 5.78 Å². The van der Waals surface area contributed by atoms with E-state index in [4.69, 9.17) is 9.47 Å². The molecule has 27 heavy (non-hydrogen) atoms. The van der Waals surface area contributed by atoms with Crippen LogP contribution in [-0.2, 0) is 11.3 Å². The van der Waals surface area contributed by atoms with Gasteiger partial charge in [-0.15, -0.1) is 0 Å². The van der Waals surface area contributed by atoms with Crippen LogP contribution in [0.4, 0.5) is 0 Å². The molecule has 0 saturated carbocycles. The molecule has 0 unspecified atom stereocenters. The van der Waals surface area contributed by atoms with Gasteiger partial charge in [0.05, 0.1) is 0 Å².